The van der Waals surface area contributed by atoms with Gasteiger partial charge in [-0.3, -0.25) is 9.78 Å². The third kappa shape index (κ3) is 5.60. The molecule has 0 aliphatic heterocycles. The van der Waals surface area contributed by atoms with E-state index in [0.29, 0.717) is 17.3 Å². The average Bonchev–Trinajstić information content (AvgIpc) is 2.55. The molecule has 7 heteroatoms. The molecule has 3 N–H and O–H groups in total. The molecule has 0 aliphatic rings. The fraction of sp³-hybridized carbons (Fsp3) is 0.188. The minimum Gasteiger partial charge on any atom is -0.350 e. The molecule has 1 aromatic carbocycles. The van der Waals surface area contributed by atoms with Crippen LogP contribution < -0.4 is 16.0 Å². The van der Waals surface area contributed by atoms with Crippen molar-refractivity contribution < 1.29 is 9.59 Å². The number of pyridine rings is 1. The van der Waals surface area contributed by atoms with E-state index in [0.717, 1.165) is 5.56 Å². The van der Waals surface area contributed by atoms with E-state index in [-0.39, 0.29) is 5.91 Å². The number of nitrogens with one attached hydrogen (secondary N) is 3. The lowest BCUT2D eigenvalue weighted by Crippen LogP contribution is -2.46. The summed E-state index contributed by atoms with van der Waals surface area (Å²) in [6, 6.07) is 9.21. The summed E-state index contributed by atoms with van der Waals surface area (Å²) in [6.45, 7) is 1.97. The van der Waals surface area contributed by atoms with Crippen LogP contribution in [0.2, 0.25) is 5.02 Å². The van der Waals surface area contributed by atoms with Crippen LogP contribution in [0.25, 0.3) is 0 Å². The van der Waals surface area contributed by atoms with Crippen LogP contribution in [0.1, 0.15) is 12.5 Å². The number of rotatable bonds is 5. The summed E-state index contributed by atoms with van der Waals surface area (Å²) in [4.78, 5) is 27.8. The number of halogens is 1. The third-order valence-electron chi connectivity index (χ3n) is 3.03. The molecule has 6 nitrogen and oxygen atoms in total. The molecule has 0 fully saturated rings. The van der Waals surface area contributed by atoms with Crippen molar-refractivity contribution in [3.05, 3.63) is 59.4 Å². The second-order valence-electron chi connectivity index (χ2n) is 4.91. The van der Waals surface area contributed by atoms with Gasteiger partial charge in [0, 0.05) is 29.6 Å². The van der Waals surface area contributed by atoms with Crippen LogP contribution in [0.5, 0.6) is 0 Å². The molecule has 1 atom stereocenters. The highest BCUT2D eigenvalue weighted by atomic mass is 35.5. The third-order valence-corrected chi connectivity index (χ3v) is 3.28. The van der Waals surface area contributed by atoms with Crippen LogP contribution in [0.15, 0.2) is 48.8 Å². The monoisotopic (exact) mass is 332 g/mol. The van der Waals surface area contributed by atoms with Crippen molar-refractivity contribution in [3.63, 3.8) is 0 Å². The molecule has 0 saturated heterocycles. The second kappa shape index (κ2) is 8.14. The predicted octanol–water partition coefficient (Wildman–Crippen LogP) is 2.56. The van der Waals surface area contributed by atoms with E-state index in [1.165, 1.54) is 0 Å². The second-order valence-corrected chi connectivity index (χ2v) is 5.34. The van der Waals surface area contributed by atoms with Crippen LogP contribution in [-0.4, -0.2) is 23.0 Å². The molecule has 0 saturated carbocycles. The van der Waals surface area contributed by atoms with Crippen molar-refractivity contribution in [3.8, 4) is 0 Å². The number of hydrogen-bond acceptors (Lipinski definition) is 3. The molecular weight excluding hydrogens is 316 g/mol. The smallest absolute Gasteiger partial charge is 0.319 e. The number of anilines is 1. The predicted molar refractivity (Wildman–Crippen MR) is 89.2 cm³/mol. The Morgan fingerprint density at radius 3 is 2.61 bits per heavy atom. The highest BCUT2D eigenvalue weighted by Crippen LogP contribution is 2.13. The van der Waals surface area contributed by atoms with E-state index in [1.54, 1.807) is 49.6 Å². The fourth-order valence-electron chi connectivity index (χ4n) is 1.81. The summed E-state index contributed by atoms with van der Waals surface area (Å²) in [6.07, 6.45) is 3.34. The van der Waals surface area contributed by atoms with Crippen molar-refractivity contribution in [1.29, 1.82) is 0 Å². The molecule has 0 aliphatic carbocycles. The molecule has 3 amide bonds. The van der Waals surface area contributed by atoms with Crippen LogP contribution >= 0.6 is 11.6 Å². The fourth-order valence-corrected chi connectivity index (χ4v) is 1.93. The number of amides is 3. The molecule has 0 bridgehead atoms. The van der Waals surface area contributed by atoms with Gasteiger partial charge < -0.3 is 16.0 Å². The van der Waals surface area contributed by atoms with Gasteiger partial charge in [-0.2, -0.15) is 0 Å². The highest BCUT2D eigenvalue weighted by molar-refractivity contribution is 6.30. The van der Waals surface area contributed by atoms with Gasteiger partial charge in [0.25, 0.3) is 0 Å². The zero-order valence-corrected chi connectivity index (χ0v) is 13.3. The summed E-state index contributed by atoms with van der Waals surface area (Å²) in [5.41, 5.74) is 1.48. The quantitative estimate of drug-likeness (QED) is 0.787. The Morgan fingerprint density at radius 2 is 1.96 bits per heavy atom. The van der Waals surface area contributed by atoms with Gasteiger partial charge in [0.1, 0.15) is 6.04 Å². The zero-order chi connectivity index (χ0) is 16.7. The van der Waals surface area contributed by atoms with Gasteiger partial charge in [0.15, 0.2) is 0 Å². The van der Waals surface area contributed by atoms with Crippen molar-refractivity contribution >= 4 is 29.2 Å². The first kappa shape index (κ1) is 16.8. The van der Waals surface area contributed by atoms with E-state index < -0.39 is 12.1 Å². The van der Waals surface area contributed by atoms with Crippen molar-refractivity contribution in [2.45, 2.75) is 19.5 Å². The number of carbonyl (C=O) groups excluding carboxylic acids is 2. The van der Waals surface area contributed by atoms with E-state index in [4.69, 9.17) is 11.6 Å². The van der Waals surface area contributed by atoms with E-state index in [1.807, 2.05) is 6.07 Å². The van der Waals surface area contributed by atoms with E-state index in [2.05, 4.69) is 20.9 Å². The minimum absolute atomic E-state index is 0.278. The Bertz CT molecular complexity index is 662. The van der Waals surface area contributed by atoms with Crippen LogP contribution in [0, 0.1) is 0 Å². The molecular formula is C16H17ClN4O2. The lowest BCUT2D eigenvalue weighted by Gasteiger charge is -2.15. The van der Waals surface area contributed by atoms with E-state index >= 15 is 0 Å². The summed E-state index contributed by atoms with van der Waals surface area (Å²) < 4.78 is 0. The number of urea groups is 1. The Kier molecular flexibility index (Phi) is 5.94. The Labute approximate surface area is 139 Å². The first-order chi connectivity index (χ1) is 11.0. The number of benzene rings is 1. The number of aromatic nitrogens is 1. The summed E-state index contributed by atoms with van der Waals surface area (Å²) in [5, 5.41) is 8.52. The summed E-state index contributed by atoms with van der Waals surface area (Å²) in [7, 11) is 0. The molecule has 1 heterocycles. The number of hydrogen-bond donors (Lipinski definition) is 3. The first-order valence-electron chi connectivity index (χ1n) is 7.04. The van der Waals surface area contributed by atoms with Crippen LogP contribution in [-0.2, 0) is 11.3 Å². The van der Waals surface area contributed by atoms with Gasteiger partial charge in [-0.25, -0.2) is 4.79 Å². The highest BCUT2D eigenvalue weighted by Gasteiger charge is 2.15. The molecule has 0 unspecified atom stereocenters. The molecule has 23 heavy (non-hydrogen) atoms. The standard InChI is InChI=1S/C16H17ClN4O2/c1-11(15(22)19-10-12-3-2-8-18-9-12)20-16(23)21-14-6-4-13(17)5-7-14/h2-9,11H,10H2,1H3,(H,19,22)(H2,20,21,23)/t11-/m1/s1. The van der Waals surface area contributed by atoms with Gasteiger partial charge in [-0.05, 0) is 42.8 Å². The Hall–Kier alpha value is -2.60. The maximum Gasteiger partial charge on any atom is 0.319 e. The van der Waals surface area contributed by atoms with Crippen LogP contribution in [0.3, 0.4) is 0 Å². The lowest BCUT2D eigenvalue weighted by molar-refractivity contribution is -0.122. The average molecular weight is 333 g/mol. The van der Waals surface area contributed by atoms with Gasteiger partial charge >= 0.3 is 6.03 Å². The normalized spacial score (nSPS) is 11.4. The van der Waals surface area contributed by atoms with Crippen molar-refractivity contribution in [2.75, 3.05) is 5.32 Å². The van der Waals surface area contributed by atoms with Crippen LogP contribution in [0.4, 0.5) is 10.5 Å². The Morgan fingerprint density at radius 1 is 1.22 bits per heavy atom. The number of nitrogens with zero attached hydrogens (tertiary/aromatic N) is 1. The number of carbonyl (C=O) groups is 2. The molecule has 2 aromatic rings. The summed E-state index contributed by atoms with van der Waals surface area (Å²) in [5.74, 6) is -0.278. The topological polar surface area (TPSA) is 83.1 Å². The molecule has 1 aromatic heterocycles. The molecule has 120 valence electrons. The van der Waals surface area contributed by atoms with Gasteiger partial charge in [0.2, 0.25) is 5.91 Å². The molecule has 0 spiro atoms. The van der Waals surface area contributed by atoms with Gasteiger partial charge in [-0.15, -0.1) is 0 Å². The summed E-state index contributed by atoms with van der Waals surface area (Å²) >= 11 is 5.77. The largest absolute Gasteiger partial charge is 0.350 e. The van der Waals surface area contributed by atoms with E-state index in [9.17, 15) is 9.59 Å². The van der Waals surface area contributed by atoms with Crippen molar-refractivity contribution in [1.82, 2.24) is 15.6 Å². The molecule has 0 radical (unpaired) electrons. The van der Waals surface area contributed by atoms with Gasteiger partial charge in [-0.1, -0.05) is 17.7 Å². The van der Waals surface area contributed by atoms with Gasteiger partial charge in [0.05, 0.1) is 0 Å². The maximum absolute atomic E-state index is 12.0. The first-order valence-corrected chi connectivity index (χ1v) is 7.42. The lowest BCUT2D eigenvalue weighted by atomic mass is 10.2. The van der Waals surface area contributed by atoms with Crippen molar-refractivity contribution in [2.24, 2.45) is 0 Å². The minimum atomic E-state index is -0.668. The SMILES string of the molecule is C[C@@H](NC(=O)Nc1ccc(Cl)cc1)C(=O)NCc1cccnc1. The Balaban J connectivity index is 1.78. The molecule has 2 rings (SSSR count). The zero-order valence-electron chi connectivity index (χ0n) is 12.5. The maximum atomic E-state index is 12.0.